The van der Waals surface area contributed by atoms with Gasteiger partial charge in [-0.15, -0.1) is 12.4 Å². The molecule has 0 aliphatic heterocycles. The lowest BCUT2D eigenvalue weighted by Crippen LogP contribution is -1.88. The van der Waals surface area contributed by atoms with Crippen molar-refractivity contribution in [1.29, 1.82) is 0 Å². The Morgan fingerprint density at radius 2 is 1.16 bits per heavy atom. The maximum Gasteiger partial charge on any atom is 0.0780 e. The lowest BCUT2D eigenvalue weighted by molar-refractivity contribution is 1.32. The van der Waals surface area contributed by atoms with Gasteiger partial charge in [-0.05, 0) is 11.6 Å². The summed E-state index contributed by atoms with van der Waals surface area (Å²) in [4.78, 5) is 4.53. The lowest BCUT2D eigenvalue weighted by atomic mass is 10.00. The summed E-state index contributed by atoms with van der Waals surface area (Å²) in [6.45, 7) is 0. The number of nitrogens with zero attached hydrogens (tertiary/aromatic N) is 1. The van der Waals surface area contributed by atoms with Gasteiger partial charge in [0, 0.05) is 17.3 Å². The van der Waals surface area contributed by atoms with Crippen molar-refractivity contribution in [2.24, 2.45) is 0 Å². The van der Waals surface area contributed by atoms with E-state index in [0.717, 1.165) is 11.3 Å². The van der Waals surface area contributed by atoms with Gasteiger partial charge >= 0.3 is 0 Å². The monoisotopic (exact) mass is 267 g/mol. The van der Waals surface area contributed by atoms with Crippen molar-refractivity contribution >= 4 is 12.4 Å². The first-order valence-corrected chi connectivity index (χ1v) is 6.01. The van der Waals surface area contributed by atoms with Gasteiger partial charge in [0.15, 0.2) is 0 Å². The zero-order chi connectivity index (χ0) is 12.2. The molecule has 19 heavy (non-hydrogen) atoms. The fraction of sp³-hybridized carbons (Fsp3) is 0. The quantitative estimate of drug-likeness (QED) is 0.648. The van der Waals surface area contributed by atoms with Gasteiger partial charge in [-0.2, -0.15) is 0 Å². The van der Waals surface area contributed by atoms with Crippen molar-refractivity contribution in [3.63, 3.8) is 0 Å². The van der Waals surface area contributed by atoms with Crippen molar-refractivity contribution in [3.8, 4) is 22.4 Å². The second-order valence-corrected chi connectivity index (χ2v) is 4.13. The number of aromatic nitrogens is 1. The number of hydrogen-bond acceptors (Lipinski definition) is 1. The van der Waals surface area contributed by atoms with Gasteiger partial charge in [0.25, 0.3) is 0 Å². The molecule has 0 spiro atoms. The molecule has 3 rings (SSSR count). The van der Waals surface area contributed by atoms with Crippen LogP contribution in [0.1, 0.15) is 0 Å². The van der Waals surface area contributed by atoms with E-state index in [1.807, 2.05) is 36.5 Å². The zero-order valence-electron chi connectivity index (χ0n) is 10.4. The fourth-order valence-electron chi connectivity index (χ4n) is 2.08. The number of benzene rings is 2. The molecule has 3 aromatic rings. The van der Waals surface area contributed by atoms with E-state index >= 15 is 0 Å². The van der Waals surface area contributed by atoms with E-state index in [2.05, 4.69) is 47.4 Å². The van der Waals surface area contributed by atoms with Crippen LogP contribution in [0.15, 0.2) is 79.0 Å². The molecule has 0 fully saturated rings. The average Bonchev–Trinajstić information content (AvgIpc) is 2.49. The molecule has 2 heteroatoms. The summed E-state index contributed by atoms with van der Waals surface area (Å²) in [5, 5.41) is 0. The van der Waals surface area contributed by atoms with E-state index in [1.54, 1.807) is 0 Å². The van der Waals surface area contributed by atoms with Crippen molar-refractivity contribution in [2.75, 3.05) is 0 Å². The second kappa shape index (κ2) is 6.17. The van der Waals surface area contributed by atoms with Crippen LogP contribution in [0.25, 0.3) is 22.4 Å². The minimum absolute atomic E-state index is 0. The van der Waals surface area contributed by atoms with E-state index < -0.39 is 0 Å². The summed E-state index contributed by atoms with van der Waals surface area (Å²) in [5.74, 6) is 0. The van der Waals surface area contributed by atoms with Crippen LogP contribution in [0.2, 0.25) is 0 Å². The molecule has 1 nitrogen and oxygen atoms in total. The summed E-state index contributed by atoms with van der Waals surface area (Å²) in [6, 6.07) is 24.7. The van der Waals surface area contributed by atoms with Crippen LogP contribution in [0, 0.1) is 0 Å². The average molecular weight is 268 g/mol. The molecular weight excluding hydrogens is 254 g/mol. The molecule has 0 bridgehead atoms. The summed E-state index contributed by atoms with van der Waals surface area (Å²) < 4.78 is 0. The lowest BCUT2D eigenvalue weighted by Gasteiger charge is -2.08. The Balaban J connectivity index is 0.00000133. The van der Waals surface area contributed by atoms with Gasteiger partial charge in [0.2, 0.25) is 0 Å². The van der Waals surface area contributed by atoms with Crippen LogP contribution in [-0.2, 0) is 0 Å². The highest BCUT2D eigenvalue weighted by molar-refractivity contribution is 5.85. The highest BCUT2D eigenvalue weighted by Gasteiger charge is 2.06. The minimum atomic E-state index is 0. The molecule has 1 heterocycles. The van der Waals surface area contributed by atoms with Gasteiger partial charge in [-0.1, -0.05) is 66.7 Å². The molecule has 0 saturated carbocycles. The molecule has 0 N–H and O–H groups in total. The Hall–Kier alpha value is -2.12. The molecule has 2 aromatic carbocycles. The van der Waals surface area contributed by atoms with Crippen LogP contribution in [-0.4, -0.2) is 4.98 Å². The van der Waals surface area contributed by atoms with Crippen molar-refractivity contribution in [3.05, 3.63) is 79.0 Å². The smallest absolute Gasteiger partial charge is 0.0780 e. The predicted molar refractivity (Wildman–Crippen MR) is 82.4 cm³/mol. The Morgan fingerprint density at radius 1 is 0.579 bits per heavy atom. The van der Waals surface area contributed by atoms with Gasteiger partial charge in [0.05, 0.1) is 5.69 Å². The van der Waals surface area contributed by atoms with Gasteiger partial charge in [0.1, 0.15) is 0 Å². The van der Waals surface area contributed by atoms with Gasteiger partial charge in [-0.3, -0.25) is 4.98 Å². The van der Waals surface area contributed by atoms with E-state index in [4.69, 9.17) is 0 Å². The summed E-state index contributed by atoms with van der Waals surface area (Å²) >= 11 is 0. The molecule has 1 aromatic heterocycles. The maximum absolute atomic E-state index is 4.53. The summed E-state index contributed by atoms with van der Waals surface area (Å²) in [6.07, 6.45) is 1.84. The zero-order valence-corrected chi connectivity index (χ0v) is 11.2. The Kier molecular flexibility index (Phi) is 4.32. The van der Waals surface area contributed by atoms with E-state index in [0.29, 0.717) is 0 Å². The molecule has 0 amide bonds. The molecule has 94 valence electrons. The highest BCUT2D eigenvalue weighted by atomic mass is 35.5. The molecule has 0 saturated heterocycles. The molecular formula is C17H14ClN. The molecule has 0 radical (unpaired) electrons. The first-order valence-electron chi connectivity index (χ1n) is 6.01. The van der Waals surface area contributed by atoms with Crippen LogP contribution in [0.5, 0.6) is 0 Å². The van der Waals surface area contributed by atoms with Crippen LogP contribution < -0.4 is 0 Å². The van der Waals surface area contributed by atoms with E-state index in [-0.39, 0.29) is 12.4 Å². The SMILES string of the molecule is Cl.c1ccc(-c2cccnc2-c2ccccc2)cc1. The third-order valence-corrected chi connectivity index (χ3v) is 2.94. The molecule has 0 atom stereocenters. The standard InChI is InChI=1S/C17H13N.ClH/c1-3-8-14(9-4-1)16-12-7-13-18-17(16)15-10-5-2-6-11-15;/h1-13H;1H. The van der Waals surface area contributed by atoms with E-state index in [9.17, 15) is 0 Å². The predicted octanol–water partition coefficient (Wildman–Crippen LogP) is 4.84. The Labute approximate surface area is 119 Å². The fourth-order valence-corrected chi connectivity index (χ4v) is 2.08. The number of pyridine rings is 1. The third-order valence-electron chi connectivity index (χ3n) is 2.94. The van der Waals surface area contributed by atoms with Crippen molar-refractivity contribution in [1.82, 2.24) is 4.98 Å². The Morgan fingerprint density at radius 3 is 1.79 bits per heavy atom. The largest absolute Gasteiger partial charge is 0.256 e. The maximum atomic E-state index is 4.53. The molecule has 0 aliphatic carbocycles. The summed E-state index contributed by atoms with van der Waals surface area (Å²) in [7, 11) is 0. The van der Waals surface area contributed by atoms with Crippen molar-refractivity contribution < 1.29 is 0 Å². The minimum Gasteiger partial charge on any atom is -0.256 e. The van der Waals surface area contributed by atoms with Gasteiger partial charge in [-0.25, -0.2) is 0 Å². The van der Waals surface area contributed by atoms with Crippen molar-refractivity contribution in [2.45, 2.75) is 0 Å². The van der Waals surface area contributed by atoms with Crippen LogP contribution in [0.4, 0.5) is 0 Å². The molecule has 0 aliphatic rings. The summed E-state index contributed by atoms with van der Waals surface area (Å²) in [5.41, 5.74) is 4.55. The Bertz CT molecular complexity index is 577. The highest BCUT2D eigenvalue weighted by Crippen LogP contribution is 2.29. The topological polar surface area (TPSA) is 12.9 Å². The number of rotatable bonds is 2. The third kappa shape index (κ3) is 2.83. The number of halogens is 1. The molecule has 0 unspecified atom stereocenters. The second-order valence-electron chi connectivity index (χ2n) is 4.13. The van der Waals surface area contributed by atoms with E-state index in [1.165, 1.54) is 11.1 Å². The number of hydrogen-bond donors (Lipinski definition) is 0. The first kappa shape index (κ1) is 13.3. The first-order chi connectivity index (χ1) is 8.95. The normalized spacial score (nSPS) is 9.68. The van der Waals surface area contributed by atoms with Gasteiger partial charge < -0.3 is 0 Å². The van der Waals surface area contributed by atoms with Crippen LogP contribution in [0.3, 0.4) is 0 Å². The van der Waals surface area contributed by atoms with Crippen LogP contribution >= 0.6 is 12.4 Å².